The number of fused-ring (bicyclic) bond motifs is 2. The predicted molar refractivity (Wildman–Crippen MR) is 132 cm³/mol. The van der Waals surface area contributed by atoms with Crippen molar-refractivity contribution < 1.29 is 14.4 Å². The van der Waals surface area contributed by atoms with Crippen LogP contribution in [-0.4, -0.2) is 34.7 Å². The molecule has 0 N–H and O–H groups in total. The van der Waals surface area contributed by atoms with Gasteiger partial charge < -0.3 is 4.90 Å². The summed E-state index contributed by atoms with van der Waals surface area (Å²) in [5, 5.41) is 0. The summed E-state index contributed by atoms with van der Waals surface area (Å²) >= 11 is 0. The molecule has 2 fully saturated rings. The molecule has 2 aromatic carbocycles. The van der Waals surface area contributed by atoms with Crippen LogP contribution in [0.1, 0.15) is 69.6 Å². The van der Waals surface area contributed by atoms with Gasteiger partial charge in [-0.1, -0.05) is 62.2 Å². The van der Waals surface area contributed by atoms with Crippen LogP contribution >= 0.6 is 0 Å². The number of carbonyl (C=O) groups excluding carboxylic acids is 3. The standard InChI is InChI=1S/C29H34N2O3/c1-19-14-15-23-24(16-19)31(28(2,3)18-29(23,4)20-10-6-5-7-11-20)25(32)17-30-26(33)21-12-8-9-13-22(21)27(30)34/h5-7,10-11,14-16,21-22H,8-9,12-13,17-18H2,1-4H3/t21-,22+,29-/m0/s1. The van der Waals surface area contributed by atoms with E-state index in [1.807, 2.05) is 17.9 Å². The maximum absolute atomic E-state index is 13.9. The molecular formula is C29H34N2O3. The molecule has 3 atom stereocenters. The van der Waals surface area contributed by atoms with Crippen LogP contribution in [0.4, 0.5) is 5.69 Å². The van der Waals surface area contributed by atoms with E-state index in [4.69, 9.17) is 0 Å². The molecule has 2 aromatic rings. The number of likely N-dealkylation sites (tertiary alicyclic amines) is 1. The molecule has 2 heterocycles. The Morgan fingerprint density at radius 3 is 2.18 bits per heavy atom. The van der Waals surface area contributed by atoms with Crippen LogP contribution in [0.2, 0.25) is 0 Å². The van der Waals surface area contributed by atoms with Gasteiger partial charge in [0.1, 0.15) is 6.54 Å². The van der Waals surface area contributed by atoms with Gasteiger partial charge in [-0.15, -0.1) is 0 Å². The van der Waals surface area contributed by atoms with Gasteiger partial charge in [-0.3, -0.25) is 19.3 Å². The lowest BCUT2D eigenvalue weighted by Gasteiger charge is -2.51. The zero-order chi connectivity index (χ0) is 24.3. The van der Waals surface area contributed by atoms with Crippen molar-refractivity contribution in [3.8, 4) is 0 Å². The summed E-state index contributed by atoms with van der Waals surface area (Å²) in [5.41, 5.74) is 3.51. The molecule has 1 saturated carbocycles. The first-order valence-electron chi connectivity index (χ1n) is 12.5. The molecule has 0 bridgehead atoms. The number of hydrogen-bond acceptors (Lipinski definition) is 3. The maximum Gasteiger partial charge on any atom is 0.247 e. The van der Waals surface area contributed by atoms with Gasteiger partial charge in [-0.25, -0.2) is 0 Å². The molecule has 1 aliphatic carbocycles. The van der Waals surface area contributed by atoms with Crippen LogP contribution in [0, 0.1) is 18.8 Å². The molecule has 5 heteroatoms. The highest BCUT2D eigenvalue weighted by atomic mass is 16.2. The van der Waals surface area contributed by atoms with E-state index in [0.29, 0.717) is 0 Å². The Morgan fingerprint density at radius 2 is 1.56 bits per heavy atom. The number of anilines is 1. The predicted octanol–water partition coefficient (Wildman–Crippen LogP) is 4.99. The van der Waals surface area contributed by atoms with Crippen molar-refractivity contribution in [3.63, 3.8) is 0 Å². The number of carbonyl (C=O) groups is 3. The summed E-state index contributed by atoms with van der Waals surface area (Å²) in [6, 6.07) is 16.7. The van der Waals surface area contributed by atoms with Crippen molar-refractivity contribution in [2.24, 2.45) is 11.8 Å². The minimum atomic E-state index is -0.499. The summed E-state index contributed by atoms with van der Waals surface area (Å²) in [6.07, 6.45) is 4.20. The third-order valence-corrected chi connectivity index (χ3v) is 8.27. The van der Waals surface area contributed by atoms with Gasteiger partial charge in [-0.05, 0) is 62.8 Å². The highest BCUT2D eigenvalue weighted by molar-refractivity contribution is 6.09. The van der Waals surface area contributed by atoms with E-state index in [0.717, 1.165) is 48.9 Å². The van der Waals surface area contributed by atoms with Crippen LogP contribution in [0.15, 0.2) is 48.5 Å². The fraction of sp³-hybridized carbons (Fsp3) is 0.483. The van der Waals surface area contributed by atoms with Gasteiger partial charge in [0.25, 0.3) is 0 Å². The summed E-state index contributed by atoms with van der Waals surface area (Å²) in [5.74, 6) is -0.973. The molecule has 0 radical (unpaired) electrons. The summed E-state index contributed by atoms with van der Waals surface area (Å²) in [6.45, 7) is 8.28. The van der Waals surface area contributed by atoms with Crippen LogP contribution in [0.3, 0.4) is 0 Å². The van der Waals surface area contributed by atoms with Gasteiger partial charge in [0, 0.05) is 16.6 Å². The summed E-state index contributed by atoms with van der Waals surface area (Å²) < 4.78 is 0. The van der Waals surface area contributed by atoms with Crippen molar-refractivity contribution in [3.05, 3.63) is 65.2 Å². The molecule has 5 nitrogen and oxygen atoms in total. The number of amides is 3. The molecule has 3 aliphatic rings. The molecular weight excluding hydrogens is 424 g/mol. The molecule has 1 saturated heterocycles. The van der Waals surface area contributed by atoms with Gasteiger partial charge in [0.2, 0.25) is 17.7 Å². The molecule has 2 aliphatic heterocycles. The van der Waals surface area contributed by atoms with E-state index < -0.39 is 5.54 Å². The Bertz CT molecular complexity index is 1130. The Balaban J connectivity index is 1.53. The van der Waals surface area contributed by atoms with Crippen LogP contribution in [0.25, 0.3) is 0 Å². The first-order chi connectivity index (χ1) is 16.1. The number of rotatable bonds is 3. The number of hydrogen-bond donors (Lipinski definition) is 0. The molecule has 3 amide bonds. The van der Waals surface area contributed by atoms with Crippen LogP contribution < -0.4 is 4.90 Å². The normalized spacial score (nSPS) is 28.0. The minimum Gasteiger partial charge on any atom is -0.305 e. The average molecular weight is 459 g/mol. The largest absolute Gasteiger partial charge is 0.305 e. The number of aryl methyl sites for hydroxylation is 1. The zero-order valence-corrected chi connectivity index (χ0v) is 20.6. The van der Waals surface area contributed by atoms with E-state index in [2.05, 4.69) is 63.2 Å². The Morgan fingerprint density at radius 1 is 0.941 bits per heavy atom. The Hall–Kier alpha value is -2.95. The van der Waals surface area contributed by atoms with Gasteiger partial charge in [-0.2, -0.15) is 0 Å². The SMILES string of the molecule is Cc1ccc2c(c1)N(C(=O)CN1C(=O)[C@H]3CCCC[C@H]3C1=O)C(C)(C)C[C@@]2(C)c1ccccc1. The fourth-order valence-corrected chi connectivity index (χ4v) is 6.79. The molecule has 0 unspecified atom stereocenters. The zero-order valence-electron chi connectivity index (χ0n) is 20.6. The monoisotopic (exact) mass is 458 g/mol. The molecule has 178 valence electrons. The van der Waals surface area contributed by atoms with Gasteiger partial charge >= 0.3 is 0 Å². The van der Waals surface area contributed by atoms with Crippen molar-refractivity contribution in [1.82, 2.24) is 4.90 Å². The average Bonchev–Trinajstić information content (AvgIpc) is 3.04. The van der Waals surface area contributed by atoms with E-state index in [1.165, 1.54) is 10.5 Å². The number of imide groups is 1. The lowest BCUT2D eigenvalue weighted by molar-refractivity contribution is -0.143. The lowest BCUT2D eigenvalue weighted by atomic mass is 9.65. The molecule has 0 spiro atoms. The third-order valence-electron chi connectivity index (χ3n) is 8.27. The van der Waals surface area contributed by atoms with Crippen molar-refractivity contribution in [2.75, 3.05) is 11.4 Å². The van der Waals surface area contributed by atoms with Gasteiger partial charge in [0.15, 0.2) is 0 Å². The topological polar surface area (TPSA) is 57.7 Å². The molecule has 34 heavy (non-hydrogen) atoms. The van der Waals surface area contributed by atoms with E-state index in [1.54, 1.807) is 0 Å². The van der Waals surface area contributed by atoms with E-state index in [9.17, 15) is 14.4 Å². The maximum atomic E-state index is 13.9. The van der Waals surface area contributed by atoms with E-state index >= 15 is 0 Å². The van der Waals surface area contributed by atoms with Gasteiger partial charge in [0.05, 0.1) is 11.8 Å². The Kier molecular flexibility index (Phi) is 5.42. The quantitative estimate of drug-likeness (QED) is 0.609. The third kappa shape index (κ3) is 3.48. The van der Waals surface area contributed by atoms with Crippen LogP contribution in [0.5, 0.6) is 0 Å². The number of nitrogens with zero attached hydrogens (tertiary/aromatic N) is 2. The Labute approximate surface area is 202 Å². The highest BCUT2D eigenvalue weighted by Crippen LogP contribution is 2.50. The highest BCUT2D eigenvalue weighted by Gasteiger charge is 2.51. The fourth-order valence-electron chi connectivity index (χ4n) is 6.79. The molecule has 5 rings (SSSR count). The van der Waals surface area contributed by atoms with Crippen LogP contribution in [-0.2, 0) is 19.8 Å². The second-order valence-electron chi connectivity index (χ2n) is 11.2. The minimum absolute atomic E-state index is 0.156. The van der Waals surface area contributed by atoms with E-state index in [-0.39, 0.29) is 41.5 Å². The van der Waals surface area contributed by atoms with Crippen molar-refractivity contribution in [1.29, 1.82) is 0 Å². The van der Waals surface area contributed by atoms with Crippen molar-refractivity contribution in [2.45, 2.75) is 70.8 Å². The van der Waals surface area contributed by atoms with Crippen molar-refractivity contribution >= 4 is 23.4 Å². The smallest absolute Gasteiger partial charge is 0.247 e. The lowest BCUT2D eigenvalue weighted by Crippen LogP contribution is -2.58. The number of benzene rings is 2. The second kappa shape index (κ2) is 8.07. The second-order valence-corrected chi connectivity index (χ2v) is 11.2. The summed E-state index contributed by atoms with van der Waals surface area (Å²) in [4.78, 5) is 43.1. The first kappa shape index (κ1) is 22.8. The first-order valence-corrected chi connectivity index (χ1v) is 12.5. The summed E-state index contributed by atoms with van der Waals surface area (Å²) in [7, 11) is 0. The molecule has 0 aromatic heterocycles.